The molecule has 3 rings (SSSR count). The van der Waals surface area contributed by atoms with Crippen molar-refractivity contribution in [1.82, 2.24) is 15.1 Å². The number of nitrogens with zero attached hydrogens (tertiary/aromatic N) is 4. The van der Waals surface area contributed by atoms with E-state index in [0.717, 1.165) is 5.56 Å². The maximum absolute atomic E-state index is 13.0. The summed E-state index contributed by atoms with van der Waals surface area (Å²) in [6.07, 6.45) is 2.67. The molecule has 0 saturated carbocycles. The molecule has 0 unspecified atom stereocenters. The van der Waals surface area contributed by atoms with Crippen molar-refractivity contribution in [3.05, 3.63) is 66.1 Å². The standard InChI is InChI=1S/C16H14FN5O2/c1-22(9-11-2-4-12(17)5-3-11)15-8-13(18-10-19-15)16(23)20-14-6-7-24-21-14/h2-8,10H,9H2,1H3,(H,20,21,23). The maximum atomic E-state index is 13.0. The van der Waals surface area contributed by atoms with E-state index >= 15 is 0 Å². The highest BCUT2D eigenvalue weighted by Crippen LogP contribution is 2.14. The van der Waals surface area contributed by atoms with Crippen molar-refractivity contribution in [1.29, 1.82) is 0 Å². The molecule has 0 bridgehead atoms. The molecular formula is C16H14FN5O2. The number of hydrogen-bond acceptors (Lipinski definition) is 6. The minimum absolute atomic E-state index is 0.203. The molecular weight excluding hydrogens is 313 g/mol. The number of carbonyl (C=O) groups excluding carboxylic acids is 1. The van der Waals surface area contributed by atoms with E-state index in [9.17, 15) is 9.18 Å². The lowest BCUT2D eigenvalue weighted by atomic mass is 10.2. The fourth-order valence-corrected chi connectivity index (χ4v) is 2.08. The largest absolute Gasteiger partial charge is 0.363 e. The van der Waals surface area contributed by atoms with Crippen LogP contribution in [0.25, 0.3) is 0 Å². The molecule has 0 atom stereocenters. The Hall–Kier alpha value is -3.29. The van der Waals surface area contributed by atoms with Crippen molar-refractivity contribution in [3.63, 3.8) is 0 Å². The van der Waals surface area contributed by atoms with Gasteiger partial charge in [-0.1, -0.05) is 17.3 Å². The second-order valence-electron chi connectivity index (χ2n) is 5.08. The Morgan fingerprint density at radius 1 is 1.25 bits per heavy atom. The van der Waals surface area contributed by atoms with Crippen LogP contribution in [0.4, 0.5) is 16.0 Å². The molecule has 0 aliphatic heterocycles. The summed E-state index contributed by atoms with van der Waals surface area (Å²) in [5.41, 5.74) is 1.13. The second-order valence-corrected chi connectivity index (χ2v) is 5.08. The predicted molar refractivity (Wildman–Crippen MR) is 85.0 cm³/mol. The molecule has 3 aromatic rings. The zero-order valence-corrected chi connectivity index (χ0v) is 12.8. The van der Waals surface area contributed by atoms with Crippen molar-refractivity contribution in [2.24, 2.45) is 0 Å². The van der Waals surface area contributed by atoms with Gasteiger partial charge in [-0.15, -0.1) is 0 Å². The fraction of sp³-hybridized carbons (Fsp3) is 0.125. The number of hydrogen-bond donors (Lipinski definition) is 1. The third kappa shape index (κ3) is 3.72. The molecule has 1 N–H and O–H groups in total. The van der Waals surface area contributed by atoms with E-state index in [1.165, 1.54) is 30.8 Å². The molecule has 7 nitrogen and oxygen atoms in total. The SMILES string of the molecule is CN(Cc1ccc(F)cc1)c1cc(C(=O)Nc2ccon2)ncn1. The van der Waals surface area contributed by atoms with Crippen molar-refractivity contribution in [2.75, 3.05) is 17.3 Å². The van der Waals surface area contributed by atoms with Gasteiger partial charge in [-0.05, 0) is 17.7 Å². The molecule has 1 aromatic carbocycles. The third-order valence-electron chi connectivity index (χ3n) is 3.29. The number of anilines is 2. The lowest BCUT2D eigenvalue weighted by Gasteiger charge is -2.18. The van der Waals surface area contributed by atoms with Crippen molar-refractivity contribution >= 4 is 17.5 Å². The molecule has 8 heteroatoms. The summed E-state index contributed by atoms with van der Waals surface area (Å²) in [7, 11) is 1.82. The molecule has 24 heavy (non-hydrogen) atoms. The van der Waals surface area contributed by atoms with Crippen LogP contribution in [0.3, 0.4) is 0 Å². The van der Waals surface area contributed by atoms with Crippen LogP contribution in [0.15, 0.2) is 53.5 Å². The number of aromatic nitrogens is 3. The van der Waals surface area contributed by atoms with Gasteiger partial charge in [0, 0.05) is 25.7 Å². The molecule has 122 valence electrons. The average Bonchev–Trinajstić information content (AvgIpc) is 3.10. The van der Waals surface area contributed by atoms with E-state index in [1.807, 2.05) is 11.9 Å². The molecule has 2 aromatic heterocycles. The number of rotatable bonds is 5. The quantitative estimate of drug-likeness (QED) is 0.775. The van der Waals surface area contributed by atoms with Gasteiger partial charge in [0.05, 0.1) is 0 Å². The first-order valence-corrected chi connectivity index (χ1v) is 7.11. The van der Waals surface area contributed by atoms with Crippen LogP contribution in [-0.4, -0.2) is 28.1 Å². The molecule has 0 fully saturated rings. The summed E-state index contributed by atoms with van der Waals surface area (Å²) in [5, 5.41) is 6.18. The monoisotopic (exact) mass is 327 g/mol. The number of halogens is 1. The minimum atomic E-state index is -0.414. The lowest BCUT2D eigenvalue weighted by molar-refractivity contribution is 0.102. The summed E-state index contributed by atoms with van der Waals surface area (Å²) in [6.45, 7) is 0.516. The Morgan fingerprint density at radius 3 is 2.75 bits per heavy atom. The van der Waals surface area contributed by atoms with Gasteiger partial charge in [0.1, 0.15) is 29.9 Å². The summed E-state index contributed by atoms with van der Waals surface area (Å²) in [5.74, 6) is 0.178. The molecule has 0 radical (unpaired) electrons. The highest BCUT2D eigenvalue weighted by Gasteiger charge is 2.12. The van der Waals surface area contributed by atoms with Crippen LogP contribution in [0.2, 0.25) is 0 Å². The van der Waals surface area contributed by atoms with Gasteiger partial charge < -0.3 is 14.7 Å². The maximum Gasteiger partial charge on any atom is 0.275 e. The van der Waals surface area contributed by atoms with E-state index in [0.29, 0.717) is 18.2 Å². The molecule has 0 aliphatic rings. The Balaban J connectivity index is 1.72. The Bertz CT molecular complexity index is 821. The average molecular weight is 327 g/mol. The van der Waals surface area contributed by atoms with Crippen LogP contribution in [-0.2, 0) is 6.54 Å². The van der Waals surface area contributed by atoms with Gasteiger partial charge in [0.25, 0.3) is 5.91 Å². The normalized spacial score (nSPS) is 10.4. The van der Waals surface area contributed by atoms with Crippen LogP contribution in [0, 0.1) is 5.82 Å². The number of nitrogens with one attached hydrogen (secondary N) is 1. The molecule has 1 amide bonds. The van der Waals surface area contributed by atoms with Crippen LogP contribution >= 0.6 is 0 Å². The molecule has 0 aliphatic carbocycles. The van der Waals surface area contributed by atoms with E-state index < -0.39 is 5.91 Å². The van der Waals surface area contributed by atoms with Crippen molar-refractivity contribution < 1.29 is 13.7 Å². The highest BCUT2D eigenvalue weighted by atomic mass is 19.1. The van der Waals surface area contributed by atoms with Gasteiger partial charge in [-0.3, -0.25) is 4.79 Å². The van der Waals surface area contributed by atoms with Crippen LogP contribution < -0.4 is 10.2 Å². The van der Waals surface area contributed by atoms with Gasteiger partial charge >= 0.3 is 0 Å². The lowest BCUT2D eigenvalue weighted by Crippen LogP contribution is -2.20. The predicted octanol–water partition coefficient (Wildman–Crippen LogP) is 2.49. The molecule has 0 saturated heterocycles. The zero-order valence-electron chi connectivity index (χ0n) is 12.8. The first-order valence-electron chi connectivity index (χ1n) is 7.11. The third-order valence-corrected chi connectivity index (χ3v) is 3.29. The number of benzene rings is 1. The van der Waals surface area contributed by atoms with Gasteiger partial charge in [-0.2, -0.15) is 0 Å². The van der Waals surface area contributed by atoms with Crippen LogP contribution in [0.1, 0.15) is 16.1 Å². The topological polar surface area (TPSA) is 84.2 Å². The molecule has 0 spiro atoms. The molecule has 2 heterocycles. The van der Waals surface area contributed by atoms with E-state index in [2.05, 4.69) is 25.0 Å². The van der Waals surface area contributed by atoms with Crippen molar-refractivity contribution in [3.8, 4) is 0 Å². The summed E-state index contributed by atoms with van der Waals surface area (Å²) in [4.78, 5) is 22.1. The fourth-order valence-electron chi connectivity index (χ4n) is 2.08. The Kier molecular flexibility index (Phi) is 4.46. The summed E-state index contributed by atoms with van der Waals surface area (Å²) < 4.78 is 17.6. The minimum Gasteiger partial charge on any atom is -0.363 e. The van der Waals surface area contributed by atoms with E-state index in [4.69, 9.17) is 0 Å². The van der Waals surface area contributed by atoms with Gasteiger partial charge in [-0.25, -0.2) is 14.4 Å². The van der Waals surface area contributed by atoms with Gasteiger partial charge in [0.2, 0.25) is 0 Å². The Labute approximate surface area is 137 Å². The zero-order chi connectivity index (χ0) is 16.9. The van der Waals surface area contributed by atoms with Gasteiger partial charge in [0.15, 0.2) is 5.82 Å². The summed E-state index contributed by atoms with van der Waals surface area (Å²) in [6, 6.07) is 9.30. The van der Waals surface area contributed by atoms with Crippen molar-refractivity contribution in [2.45, 2.75) is 6.54 Å². The first kappa shape index (κ1) is 15.6. The van der Waals surface area contributed by atoms with Crippen LogP contribution in [0.5, 0.6) is 0 Å². The number of carbonyl (C=O) groups is 1. The number of amides is 1. The smallest absolute Gasteiger partial charge is 0.275 e. The highest BCUT2D eigenvalue weighted by molar-refractivity contribution is 6.02. The second kappa shape index (κ2) is 6.86. The first-order chi connectivity index (χ1) is 11.6. The summed E-state index contributed by atoms with van der Waals surface area (Å²) >= 11 is 0. The van der Waals surface area contributed by atoms with E-state index in [-0.39, 0.29) is 11.5 Å². The Morgan fingerprint density at radius 2 is 2.04 bits per heavy atom. The van der Waals surface area contributed by atoms with E-state index in [1.54, 1.807) is 18.2 Å².